The fraction of sp³-hybridized carbons (Fsp3) is 0. The van der Waals surface area contributed by atoms with Crippen LogP contribution in [0.15, 0.2) is 36.4 Å². The van der Waals surface area contributed by atoms with E-state index in [1.54, 1.807) is 0 Å². The van der Waals surface area contributed by atoms with E-state index >= 15 is 0 Å². The molecule has 0 aliphatic carbocycles. The number of hydrogen-bond acceptors (Lipinski definition) is 2. The minimum Gasteiger partial charge on any atom is -0.454 e. The molecule has 0 atom stereocenters. The van der Waals surface area contributed by atoms with Crippen molar-refractivity contribution < 1.29 is 13.5 Å². The fourth-order valence-corrected chi connectivity index (χ4v) is 1.38. The number of halogens is 3. The van der Waals surface area contributed by atoms with Crippen molar-refractivity contribution in [3.8, 4) is 11.5 Å². The van der Waals surface area contributed by atoms with Crippen LogP contribution in [0.3, 0.4) is 0 Å². The molecule has 0 saturated carbocycles. The summed E-state index contributed by atoms with van der Waals surface area (Å²) in [6.07, 6.45) is 0. The standard InChI is InChI=1S/C12H8ClF2NO/c13-9-3-2-8(6-10(9)14)17-12-4-1-7(16)5-11(12)15/h1-6H,16H2. The van der Waals surface area contributed by atoms with Gasteiger partial charge in [-0.1, -0.05) is 11.6 Å². The molecule has 0 fully saturated rings. The molecule has 0 heterocycles. The first-order valence-corrected chi connectivity index (χ1v) is 5.12. The van der Waals surface area contributed by atoms with Crippen molar-refractivity contribution >= 4 is 17.3 Å². The van der Waals surface area contributed by atoms with Crippen LogP contribution < -0.4 is 10.5 Å². The average molecular weight is 256 g/mol. The lowest BCUT2D eigenvalue weighted by atomic mass is 10.3. The topological polar surface area (TPSA) is 35.2 Å². The summed E-state index contributed by atoms with van der Waals surface area (Å²) in [5.41, 5.74) is 5.68. The van der Waals surface area contributed by atoms with Gasteiger partial charge >= 0.3 is 0 Å². The second kappa shape index (κ2) is 4.59. The van der Waals surface area contributed by atoms with Crippen molar-refractivity contribution in [3.05, 3.63) is 53.1 Å². The Bertz CT molecular complexity index is 560. The predicted octanol–water partition coefficient (Wildman–Crippen LogP) is 3.99. The minimum absolute atomic E-state index is 0.0184. The summed E-state index contributed by atoms with van der Waals surface area (Å²) in [6.45, 7) is 0. The molecule has 17 heavy (non-hydrogen) atoms. The Morgan fingerprint density at radius 1 is 1.00 bits per heavy atom. The Morgan fingerprint density at radius 2 is 1.76 bits per heavy atom. The van der Waals surface area contributed by atoms with E-state index < -0.39 is 11.6 Å². The van der Waals surface area contributed by atoms with Gasteiger partial charge in [-0.25, -0.2) is 8.78 Å². The highest BCUT2D eigenvalue weighted by molar-refractivity contribution is 6.30. The lowest BCUT2D eigenvalue weighted by molar-refractivity contribution is 0.439. The van der Waals surface area contributed by atoms with E-state index in [4.69, 9.17) is 22.1 Å². The maximum absolute atomic E-state index is 13.4. The summed E-state index contributed by atoms with van der Waals surface area (Å²) in [5, 5.41) is -0.0184. The highest BCUT2D eigenvalue weighted by Gasteiger charge is 2.07. The Balaban J connectivity index is 2.28. The molecule has 0 spiro atoms. The zero-order chi connectivity index (χ0) is 12.4. The molecule has 2 N–H and O–H groups in total. The van der Waals surface area contributed by atoms with Crippen LogP contribution >= 0.6 is 11.6 Å². The van der Waals surface area contributed by atoms with Crippen molar-refractivity contribution in [3.63, 3.8) is 0 Å². The summed E-state index contributed by atoms with van der Waals surface area (Å²) in [4.78, 5) is 0. The van der Waals surface area contributed by atoms with Gasteiger partial charge in [0.15, 0.2) is 11.6 Å². The normalized spacial score (nSPS) is 10.3. The van der Waals surface area contributed by atoms with Crippen LogP contribution in [0.5, 0.6) is 11.5 Å². The fourth-order valence-electron chi connectivity index (χ4n) is 1.27. The zero-order valence-electron chi connectivity index (χ0n) is 8.58. The second-order valence-corrected chi connectivity index (χ2v) is 3.78. The molecule has 2 rings (SSSR count). The van der Waals surface area contributed by atoms with Gasteiger partial charge in [0.2, 0.25) is 0 Å². The Hall–Kier alpha value is -1.81. The van der Waals surface area contributed by atoms with E-state index in [0.717, 1.165) is 12.1 Å². The van der Waals surface area contributed by atoms with Gasteiger partial charge in [0.05, 0.1) is 5.02 Å². The maximum atomic E-state index is 13.4. The number of ether oxygens (including phenoxy) is 1. The van der Waals surface area contributed by atoms with Gasteiger partial charge in [-0.3, -0.25) is 0 Å². The van der Waals surface area contributed by atoms with Crippen LogP contribution in [0.2, 0.25) is 5.02 Å². The van der Waals surface area contributed by atoms with Gasteiger partial charge in [0.1, 0.15) is 11.6 Å². The Labute approximate surface area is 102 Å². The predicted molar refractivity (Wildman–Crippen MR) is 62.3 cm³/mol. The number of benzene rings is 2. The number of rotatable bonds is 2. The molecule has 0 aliphatic heterocycles. The van der Waals surface area contributed by atoms with Crippen molar-refractivity contribution in [1.29, 1.82) is 0 Å². The minimum atomic E-state index is -0.625. The van der Waals surface area contributed by atoms with Gasteiger partial charge in [-0.05, 0) is 24.3 Å². The first kappa shape index (κ1) is 11.7. The zero-order valence-corrected chi connectivity index (χ0v) is 9.34. The van der Waals surface area contributed by atoms with Gasteiger partial charge < -0.3 is 10.5 Å². The number of hydrogen-bond donors (Lipinski definition) is 1. The molecule has 0 aromatic heterocycles. The molecule has 0 aliphatic rings. The van der Waals surface area contributed by atoms with E-state index in [1.165, 1.54) is 24.3 Å². The molecular formula is C12H8ClF2NO. The van der Waals surface area contributed by atoms with E-state index in [1.807, 2.05) is 0 Å². The number of nitrogen functional groups attached to an aromatic ring is 1. The third-order valence-electron chi connectivity index (χ3n) is 2.07. The number of anilines is 1. The lowest BCUT2D eigenvalue weighted by Gasteiger charge is -2.07. The van der Waals surface area contributed by atoms with Crippen LogP contribution in [0.4, 0.5) is 14.5 Å². The molecule has 5 heteroatoms. The van der Waals surface area contributed by atoms with Crippen LogP contribution in [0, 0.1) is 11.6 Å². The molecule has 0 saturated heterocycles. The van der Waals surface area contributed by atoms with Crippen molar-refractivity contribution in [2.45, 2.75) is 0 Å². The van der Waals surface area contributed by atoms with Gasteiger partial charge in [0.25, 0.3) is 0 Å². The van der Waals surface area contributed by atoms with Crippen LogP contribution in [0.1, 0.15) is 0 Å². The largest absolute Gasteiger partial charge is 0.454 e. The molecule has 0 bridgehead atoms. The number of nitrogens with two attached hydrogens (primary N) is 1. The molecule has 0 radical (unpaired) electrons. The Kier molecular flexibility index (Phi) is 3.15. The summed E-state index contributed by atoms with van der Waals surface area (Å²) in [5.74, 6) is -1.10. The highest BCUT2D eigenvalue weighted by Crippen LogP contribution is 2.28. The van der Waals surface area contributed by atoms with Gasteiger partial charge in [-0.2, -0.15) is 0 Å². The van der Waals surface area contributed by atoms with E-state index in [0.29, 0.717) is 0 Å². The molecule has 2 nitrogen and oxygen atoms in total. The van der Waals surface area contributed by atoms with E-state index in [2.05, 4.69) is 0 Å². The van der Waals surface area contributed by atoms with E-state index in [-0.39, 0.29) is 22.2 Å². The quantitative estimate of drug-likeness (QED) is 0.824. The summed E-state index contributed by atoms with van der Waals surface area (Å²) in [6, 6.07) is 7.85. The van der Waals surface area contributed by atoms with Gasteiger partial charge in [-0.15, -0.1) is 0 Å². The van der Waals surface area contributed by atoms with Crippen LogP contribution in [-0.4, -0.2) is 0 Å². The maximum Gasteiger partial charge on any atom is 0.167 e. The van der Waals surface area contributed by atoms with Crippen LogP contribution in [-0.2, 0) is 0 Å². The smallest absolute Gasteiger partial charge is 0.167 e. The molecule has 0 amide bonds. The first-order valence-electron chi connectivity index (χ1n) is 4.74. The summed E-state index contributed by atoms with van der Waals surface area (Å²) in [7, 11) is 0. The first-order chi connectivity index (χ1) is 8.06. The summed E-state index contributed by atoms with van der Waals surface area (Å²) >= 11 is 5.51. The monoisotopic (exact) mass is 255 g/mol. The molecular weight excluding hydrogens is 248 g/mol. The van der Waals surface area contributed by atoms with Crippen LogP contribution in [0.25, 0.3) is 0 Å². The SMILES string of the molecule is Nc1ccc(Oc2ccc(Cl)c(F)c2)c(F)c1. The lowest BCUT2D eigenvalue weighted by Crippen LogP contribution is -1.91. The molecule has 88 valence electrons. The van der Waals surface area contributed by atoms with Gasteiger partial charge in [0, 0.05) is 17.8 Å². The van der Waals surface area contributed by atoms with Crippen molar-refractivity contribution in [2.24, 2.45) is 0 Å². The molecule has 2 aromatic rings. The van der Waals surface area contributed by atoms with Crippen molar-refractivity contribution in [2.75, 3.05) is 5.73 Å². The molecule has 0 unspecified atom stereocenters. The second-order valence-electron chi connectivity index (χ2n) is 3.37. The third kappa shape index (κ3) is 2.65. The van der Waals surface area contributed by atoms with E-state index in [9.17, 15) is 8.78 Å². The average Bonchev–Trinajstić information content (AvgIpc) is 2.27. The highest BCUT2D eigenvalue weighted by atomic mass is 35.5. The Morgan fingerprint density at radius 3 is 2.41 bits per heavy atom. The third-order valence-corrected chi connectivity index (χ3v) is 2.38. The summed E-state index contributed by atoms with van der Waals surface area (Å²) < 4.78 is 31.7. The molecule has 2 aromatic carbocycles. The van der Waals surface area contributed by atoms with Crippen molar-refractivity contribution in [1.82, 2.24) is 0 Å².